The van der Waals surface area contributed by atoms with Crippen molar-refractivity contribution in [3.8, 4) is 11.5 Å². The van der Waals surface area contributed by atoms with E-state index in [4.69, 9.17) is 9.47 Å². The van der Waals surface area contributed by atoms with Crippen molar-refractivity contribution in [1.82, 2.24) is 10.2 Å². The fourth-order valence-corrected chi connectivity index (χ4v) is 4.26. The zero-order chi connectivity index (χ0) is 26.6. The Morgan fingerprint density at radius 2 is 1.49 bits per heavy atom. The van der Waals surface area contributed by atoms with Gasteiger partial charge < -0.3 is 19.7 Å². The highest BCUT2D eigenvalue weighted by atomic mass is 16.5. The van der Waals surface area contributed by atoms with Crippen LogP contribution in [0.3, 0.4) is 0 Å². The van der Waals surface area contributed by atoms with Crippen LogP contribution in [0.25, 0.3) is 0 Å². The quantitative estimate of drug-likeness (QED) is 0.353. The number of carbonyl (C=O) groups excluding carboxylic acids is 2. The van der Waals surface area contributed by atoms with Gasteiger partial charge in [-0.05, 0) is 56.0 Å². The highest BCUT2D eigenvalue weighted by molar-refractivity contribution is 5.88. The number of benzene rings is 3. The summed E-state index contributed by atoms with van der Waals surface area (Å²) in [7, 11) is 1.62. The summed E-state index contributed by atoms with van der Waals surface area (Å²) in [6, 6.07) is 23.1. The van der Waals surface area contributed by atoms with Crippen molar-refractivity contribution in [3.63, 3.8) is 0 Å². The van der Waals surface area contributed by atoms with Crippen LogP contribution in [0, 0.1) is 6.92 Å². The van der Waals surface area contributed by atoms with Crippen LogP contribution in [-0.4, -0.2) is 43.0 Å². The molecule has 0 saturated carbocycles. The predicted molar refractivity (Wildman–Crippen MR) is 147 cm³/mol. The number of nitrogens with zero attached hydrogens (tertiary/aromatic N) is 1. The molecule has 6 nitrogen and oxygen atoms in total. The zero-order valence-corrected chi connectivity index (χ0v) is 22.3. The molecule has 0 bridgehead atoms. The summed E-state index contributed by atoms with van der Waals surface area (Å²) in [4.78, 5) is 28.5. The SMILES string of the molecule is CCOc1ccc(CCC(=O)N(Cc2ccc(C)cc2)[C@@H](Cc2ccccc2)C(=O)NC)cc1OCC. The third kappa shape index (κ3) is 8.10. The molecule has 2 amide bonds. The maximum absolute atomic E-state index is 13.7. The number of hydrogen-bond acceptors (Lipinski definition) is 4. The smallest absolute Gasteiger partial charge is 0.242 e. The van der Waals surface area contributed by atoms with E-state index in [1.165, 1.54) is 0 Å². The van der Waals surface area contributed by atoms with Crippen molar-refractivity contribution in [1.29, 1.82) is 0 Å². The van der Waals surface area contributed by atoms with E-state index in [9.17, 15) is 9.59 Å². The fraction of sp³-hybridized carbons (Fsp3) is 0.355. The molecular weight excluding hydrogens is 464 g/mol. The number of rotatable bonds is 13. The monoisotopic (exact) mass is 502 g/mol. The van der Waals surface area contributed by atoms with E-state index in [2.05, 4.69) is 5.32 Å². The number of likely N-dealkylation sites (N-methyl/N-ethyl adjacent to an activating group) is 1. The standard InChI is InChI=1S/C31H38N2O4/c1-5-36-28-18-16-25(21-29(28)37-6-2)17-19-30(34)33(22-26-14-12-23(3)13-15-26)27(31(35)32-4)20-24-10-8-7-9-11-24/h7-16,18,21,27H,5-6,17,19-20,22H2,1-4H3,(H,32,35)/t27-/m0/s1. The second-order valence-electron chi connectivity index (χ2n) is 8.97. The van der Waals surface area contributed by atoms with Gasteiger partial charge in [0.05, 0.1) is 13.2 Å². The van der Waals surface area contributed by atoms with E-state index in [0.717, 1.165) is 22.3 Å². The van der Waals surface area contributed by atoms with Crippen LogP contribution in [0.4, 0.5) is 0 Å². The van der Waals surface area contributed by atoms with Gasteiger partial charge >= 0.3 is 0 Å². The lowest BCUT2D eigenvalue weighted by atomic mass is 10.0. The van der Waals surface area contributed by atoms with Crippen LogP contribution >= 0.6 is 0 Å². The summed E-state index contributed by atoms with van der Waals surface area (Å²) in [6.07, 6.45) is 1.24. The molecule has 0 aliphatic rings. The molecule has 0 aliphatic carbocycles. The molecule has 3 aromatic carbocycles. The molecule has 1 N–H and O–H groups in total. The molecule has 0 aromatic heterocycles. The minimum atomic E-state index is -0.625. The summed E-state index contributed by atoms with van der Waals surface area (Å²) in [6.45, 7) is 7.33. The largest absolute Gasteiger partial charge is 0.490 e. The highest BCUT2D eigenvalue weighted by Gasteiger charge is 2.29. The minimum absolute atomic E-state index is 0.0723. The van der Waals surface area contributed by atoms with E-state index in [-0.39, 0.29) is 18.2 Å². The van der Waals surface area contributed by atoms with Crippen LogP contribution in [0.15, 0.2) is 72.8 Å². The lowest BCUT2D eigenvalue weighted by Crippen LogP contribution is -2.49. The lowest BCUT2D eigenvalue weighted by Gasteiger charge is -2.31. The Balaban J connectivity index is 1.85. The first-order valence-corrected chi connectivity index (χ1v) is 12.9. The molecule has 0 unspecified atom stereocenters. The second kappa shape index (κ2) is 14.1. The molecule has 3 aromatic rings. The topological polar surface area (TPSA) is 67.9 Å². The molecule has 0 fully saturated rings. The fourth-order valence-electron chi connectivity index (χ4n) is 4.26. The van der Waals surface area contributed by atoms with Gasteiger partial charge in [0.25, 0.3) is 0 Å². The van der Waals surface area contributed by atoms with Crippen molar-refractivity contribution >= 4 is 11.8 Å². The van der Waals surface area contributed by atoms with Crippen molar-refractivity contribution < 1.29 is 19.1 Å². The van der Waals surface area contributed by atoms with Crippen molar-refractivity contribution in [2.24, 2.45) is 0 Å². The van der Waals surface area contributed by atoms with Gasteiger partial charge in [-0.1, -0.05) is 66.2 Å². The first-order chi connectivity index (χ1) is 17.9. The Hall–Kier alpha value is -3.80. The Labute approximate surface area is 220 Å². The predicted octanol–water partition coefficient (Wildman–Crippen LogP) is 5.11. The van der Waals surface area contributed by atoms with Gasteiger partial charge in [0.1, 0.15) is 6.04 Å². The Morgan fingerprint density at radius 1 is 0.838 bits per heavy atom. The highest BCUT2D eigenvalue weighted by Crippen LogP contribution is 2.29. The number of hydrogen-bond donors (Lipinski definition) is 1. The Kier molecular flexibility index (Phi) is 10.6. The average molecular weight is 503 g/mol. The molecule has 0 saturated heterocycles. The third-order valence-corrected chi connectivity index (χ3v) is 6.23. The first-order valence-electron chi connectivity index (χ1n) is 12.9. The molecule has 0 heterocycles. The van der Waals surface area contributed by atoms with Crippen molar-refractivity contribution in [2.75, 3.05) is 20.3 Å². The molecule has 0 radical (unpaired) electrons. The second-order valence-corrected chi connectivity index (χ2v) is 8.97. The number of ether oxygens (including phenoxy) is 2. The lowest BCUT2D eigenvalue weighted by molar-refractivity contribution is -0.141. The summed E-state index contributed by atoms with van der Waals surface area (Å²) in [5.41, 5.74) is 4.12. The maximum atomic E-state index is 13.7. The average Bonchev–Trinajstić information content (AvgIpc) is 2.92. The molecule has 1 atom stereocenters. The van der Waals surface area contributed by atoms with E-state index in [1.54, 1.807) is 11.9 Å². The van der Waals surface area contributed by atoms with Gasteiger partial charge in [0, 0.05) is 26.4 Å². The van der Waals surface area contributed by atoms with Gasteiger partial charge in [0.2, 0.25) is 11.8 Å². The number of carbonyl (C=O) groups is 2. The van der Waals surface area contributed by atoms with Gasteiger partial charge in [-0.15, -0.1) is 0 Å². The van der Waals surface area contributed by atoms with E-state index < -0.39 is 6.04 Å². The Morgan fingerprint density at radius 3 is 2.14 bits per heavy atom. The number of nitrogens with one attached hydrogen (secondary N) is 1. The van der Waals surface area contributed by atoms with Crippen LogP contribution in [0.1, 0.15) is 42.5 Å². The van der Waals surface area contributed by atoms with Crippen LogP contribution < -0.4 is 14.8 Å². The molecule has 3 rings (SSSR count). The number of amides is 2. The van der Waals surface area contributed by atoms with Gasteiger partial charge in [0.15, 0.2) is 11.5 Å². The molecule has 6 heteroatoms. The summed E-state index contributed by atoms with van der Waals surface area (Å²) < 4.78 is 11.4. The van der Waals surface area contributed by atoms with Gasteiger partial charge in [-0.3, -0.25) is 9.59 Å². The third-order valence-electron chi connectivity index (χ3n) is 6.23. The zero-order valence-electron chi connectivity index (χ0n) is 22.3. The molecule has 37 heavy (non-hydrogen) atoms. The Bertz CT molecular complexity index is 1150. The molecule has 0 aliphatic heterocycles. The van der Waals surface area contributed by atoms with Gasteiger partial charge in [-0.2, -0.15) is 0 Å². The maximum Gasteiger partial charge on any atom is 0.242 e. The molecular formula is C31H38N2O4. The van der Waals surface area contributed by atoms with Crippen LogP contribution in [0.5, 0.6) is 11.5 Å². The van der Waals surface area contributed by atoms with E-state index >= 15 is 0 Å². The van der Waals surface area contributed by atoms with E-state index in [0.29, 0.717) is 44.1 Å². The minimum Gasteiger partial charge on any atom is -0.490 e. The van der Waals surface area contributed by atoms with Crippen LogP contribution in [-0.2, 0) is 29.0 Å². The van der Waals surface area contributed by atoms with Gasteiger partial charge in [-0.25, -0.2) is 0 Å². The molecule has 0 spiro atoms. The van der Waals surface area contributed by atoms with Crippen molar-refractivity contribution in [3.05, 3.63) is 95.1 Å². The summed E-state index contributed by atoms with van der Waals surface area (Å²) >= 11 is 0. The summed E-state index contributed by atoms with van der Waals surface area (Å²) in [5.74, 6) is 1.13. The number of aryl methyl sites for hydroxylation is 2. The molecule has 196 valence electrons. The normalized spacial score (nSPS) is 11.5. The summed E-state index contributed by atoms with van der Waals surface area (Å²) in [5, 5.41) is 2.77. The van der Waals surface area contributed by atoms with Crippen molar-refractivity contribution in [2.45, 2.75) is 52.6 Å². The van der Waals surface area contributed by atoms with Crippen LogP contribution in [0.2, 0.25) is 0 Å². The van der Waals surface area contributed by atoms with E-state index in [1.807, 2.05) is 93.6 Å². The first kappa shape index (κ1) is 27.8.